The normalized spacial score (nSPS) is 33.0. The SMILES string of the molecule is O=CC1([N+](=O)[O-])C=CC2=C(C1)OC(O)O2. The van der Waals surface area contributed by atoms with Crippen molar-refractivity contribution in [3.05, 3.63) is 33.8 Å². The van der Waals surface area contributed by atoms with Crippen LogP contribution in [0.1, 0.15) is 6.42 Å². The quantitative estimate of drug-likeness (QED) is 0.384. The van der Waals surface area contributed by atoms with Gasteiger partial charge in [0.2, 0.25) is 6.29 Å². The summed E-state index contributed by atoms with van der Waals surface area (Å²) >= 11 is 0. The van der Waals surface area contributed by atoms with Gasteiger partial charge in [-0.15, -0.1) is 0 Å². The number of aliphatic hydroxyl groups excluding tert-OH is 1. The second kappa shape index (κ2) is 3.06. The molecule has 80 valence electrons. The van der Waals surface area contributed by atoms with Crippen molar-refractivity contribution in [2.75, 3.05) is 0 Å². The number of aldehydes is 1. The Labute approximate surface area is 83.7 Å². The Morgan fingerprint density at radius 3 is 3.00 bits per heavy atom. The van der Waals surface area contributed by atoms with E-state index in [1.165, 1.54) is 6.08 Å². The van der Waals surface area contributed by atoms with Crippen molar-refractivity contribution >= 4 is 6.29 Å². The van der Waals surface area contributed by atoms with Gasteiger partial charge in [0, 0.05) is 11.0 Å². The van der Waals surface area contributed by atoms with Crippen LogP contribution in [-0.2, 0) is 14.3 Å². The molecule has 1 heterocycles. The Balaban J connectivity index is 2.29. The highest BCUT2D eigenvalue weighted by molar-refractivity contribution is 5.67. The summed E-state index contributed by atoms with van der Waals surface area (Å²) < 4.78 is 9.54. The van der Waals surface area contributed by atoms with Crippen LogP contribution in [0, 0.1) is 10.1 Å². The van der Waals surface area contributed by atoms with Crippen LogP contribution in [0.5, 0.6) is 0 Å². The van der Waals surface area contributed by atoms with E-state index in [9.17, 15) is 14.9 Å². The predicted octanol–water partition coefficient (Wildman–Crippen LogP) is -0.305. The highest BCUT2D eigenvalue weighted by Crippen LogP contribution is 2.34. The summed E-state index contributed by atoms with van der Waals surface area (Å²) in [4.78, 5) is 20.7. The topological polar surface area (TPSA) is 98.9 Å². The fourth-order valence-electron chi connectivity index (χ4n) is 1.42. The van der Waals surface area contributed by atoms with Gasteiger partial charge in [-0.1, -0.05) is 0 Å². The van der Waals surface area contributed by atoms with Gasteiger partial charge in [0.05, 0.1) is 6.42 Å². The Kier molecular flexibility index (Phi) is 1.97. The molecule has 0 saturated heterocycles. The summed E-state index contributed by atoms with van der Waals surface area (Å²) in [5.41, 5.74) is -1.81. The summed E-state index contributed by atoms with van der Waals surface area (Å²) in [6.07, 6.45) is 2.38. The van der Waals surface area contributed by atoms with Gasteiger partial charge in [0.15, 0.2) is 11.5 Å². The van der Waals surface area contributed by atoms with Crippen LogP contribution in [-0.4, -0.2) is 28.3 Å². The van der Waals surface area contributed by atoms with Crippen molar-refractivity contribution in [1.29, 1.82) is 0 Å². The van der Waals surface area contributed by atoms with Gasteiger partial charge < -0.3 is 14.6 Å². The number of rotatable bonds is 2. The third-order valence-electron chi connectivity index (χ3n) is 2.26. The molecule has 2 atom stereocenters. The van der Waals surface area contributed by atoms with E-state index in [0.29, 0.717) is 0 Å². The fraction of sp³-hybridized carbons (Fsp3) is 0.375. The van der Waals surface area contributed by atoms with E-state index in [4.69, 9.17) is 14.6 Å². The number of hydrogen-bond donors (Lipinski definition) is 1. The molecular formula is C8H7NO6. The van der Waals surface area contributed by atoms with Gasteiger partial charge in [0.25, 0.3) is 0 Å². The lowest BCUT2D eigenvalue weighted by molar-refractivity contribution is -0.536. The molecule has 0 aromatic rings. The molecule has 0 amide bonds. The summed E-state index contributed by atoms with van der Waals surface area (Å²) in [5, 5.41) is 19.7. The molecule has 7 nitrogen and oxygen atoms in total. The van der Waals surface area contributed by atoms with Crippen molar-refractivity contribution in [2.45, 2.75) is 18.4 Å². The Morgan fingerprint density at radius 1 is 1.67 bits per heavy atom. The zero-order valence-electron chi connectivity index (χ0n) is 7.45. The zero-order chi connectivity index (χ0) is 11.1. The Hall–Kier alpha value is -1.89. The van der Waals surface area contributed by atoms with Gasteiger partial charge in [-0.3, -0.25) is 14.9 Å². The summed E-state index contributed by atoms with van der Waals surface area (Å²) in [5.74, 6) is 0.343. The molecule has 15 heavy (non-hydrogen) atoms. The molecule has 2 rings (SSSR count). The standard InChI is InChI=1S/C8H7NO6/c10-4-8(9(12)13)2-1-5-6(3-8)15-7(11)14-5/h1-2,4,7,11H,3H2. The molecule has 1 aliphatic heterocycles. The summed E-state index contributed by atoms with van der Waals surface area (Å²) in [6.45, 7) is -1.45. The smallest absolute Gasteiger partial charge is 0.358 e. The van der Waals surface area contributed by atoms with E-state index in [-0.39, 0.29) is 24.2 Å². The number of carbonyl (C=O) groups is 1. The molecule has 0 bridgehead atoms. The van der Waals surface area contributed by atoms with Crippen LogP contribution in [0.15, 0.2) is 23.7 Å². The van der Waals surface area contributed by atoms with Crippen LogP contribution in [0.4, 0.5) is 0 Å². The molecule has 0 aromatic heterocycles. The van der Waals surface area contributed by atoms with E-state index < -0.39 is 16.9 Å². The molecule has 1 aliphatic carbocycles. The van der Waals surface area contributed by atoms with E-state index in [1.54, 1.807) is 0 Å². The Bertz CT molecular complexity index is 387. The van der Waals surface area contributed by atoms with Crippen molar-refractivity contribution < 1.29 is 24.3 Å². The lowest BCUT2D eigenvalue weighted by Gasteiger charge is -2.17. The monoisotopic (exact) mass is 213 g/mol. The first-order valence-corrected chi connectivity index (χ1v) is 4.12. The lowest BCUT2D eigenvalue weighted by Crippen LogP contribution is -2.39. The third-order valence-corrected chi connectivity index (χ3v) is 2.26. The highest BCUT2D eigenvalue weighted by atomic mass is 16.8. The molecule has 2 unspecified atom stereocenters. The second-order valence-corrected chi connectivity index (χ2v) is 3.21. The number of ether oxygens (including phenoxy) is 2. The van der Waals surface area contributed by atoms with E-state index in [0.717, 1.165) is 6.08 Å². The van der Waals surface area contributed by atoms with Crippen LogP contribution < -0.4 is 0 Å². The van der Waals surface area contributed by atoms with Crippen molar-refractivity contribution in [2.24, 2.45) is 0 Å². The minimum Gasteiger partial charge on any atom is -0.433 e. The average Bonchev–Trinajstić information content (AvgIpc) is 2.55. The van der Waals surface area contributed by atoms with E-state index in [2.05, 4.69) is 0 Å². The summed E-state index contributed by atoms with van der Waals surface area (Å²) in [7, 11) is 0. The summed E-state index contributed by atoms with van der Waals surface area (Å²) in [6, 6.07) is 0. The minimum absolute atomic E-state index is 0.119. The molecule has 0 fully saturated rings. The maximum absolute atomic E-state index is 10.7. The first kappa shape index (κ1) is 9.66. The molecule has 7 heteroatoms. The molecule has 0 saturated carbocycles. The van der Waals surface area contributed by atoms with Crippen LogP contribution in [0.3, 0.4) is 0 Å². The van der Waals surface area contributed by atoms with Crippen molar-refractivity contribution in [1.82, 2.24) is 0 Å². The second-order valence-electron chi connectivity index (χ2n) is 3.21. The van der Waals surface area contributed by atoms with Gasteiger partial charge in [-0.25, -0.2) is 0 Å². The highest BCUT2D eigenvalue weighted by Gasteiger charge is 2.47. The minimum atomic E-state index is -1.81. The average molecular weight is 213 g/mol. The Morgan fingerprint density at radius 2 is 2.40 bits per heavy atom. The van der Waals surface area contributed by atoms with Crippen LogP contribution in [0.2, 0.25) is 0 Å². The number of nitro groups is 1. The number of allylic oxidation sites excluding steroid dienone is 1. The molecule has 0 aromatic carbocycles. The zero-order valence-corrected chi connectivity index (χ0v) is 7.45. The molecule has 1 N–H and O–H groups in total. The lowest BCUT2D eigenvalue weighted by atomic mass is 9.92. The maximum Gasteiger partial charge on any atom is 0.358 e. The van der Waals surface area contributed by atoms with Gasteiger partial charge in [-0.2, -0.15) is 0 Å². The van der Waals surface area contributed by atoms with Crippen molar-refractivity contribution in [3.8, 4) is 0 Å². The van der Waals surface area contributed by atoms with Crippen LogP contribution in [0.25, 0.3) is 0 Å². The first-order valence-electron chi connectivity index (χ1n) is 4.12. The number of nitrogens with zero attached hydrogens (tertiary/aromatic N) is 1. The van der Waals surface area contributed by atoms with Gasteiger partial charge in [-0.05, 0) is 6.08 Å². The van der Waals surface area contributed by atoms with E-state index in [1.807, 2.05) is 0 Å². The van der Waals surface area contributed by atoms with E-state index >= 15 is 0 Å². The predicted molar refractivity (Wildman–Crippen MR) is 44.7 cm³/mol. The molecule has 2 aliphatic rings. The molecular weight excluding hydrogens is 206 g/mol. The molecule has 0 radical (unpaired) electrons. The molecule has 0 spiro atoms. The first-order chi connectivity index (χ1) is 7.07. The van der Waals surface area contributed by atoms with Gasteiger partial charge >= 0.3 is 12.0 Å². The number of aliphatic hydroxyl groups is 1. The van der Waals surface area contributed by atoms with Crippen molar-refractivity contribution in [3.63, 3.8) is 0 Å². The third kappa shape index (κ3) is 1.37. The number of hydrogen-bond acceptors (Lipinski definition) is 6. The maximum atomic E-state index is 10.7. The number of carbonyl (C=O) groups excluding carboxylic acids is 1. The van der Waals surface area contributed by atoms with Crippen LogP contribution >= 0.6 is 0 Å². The van der Waals surface area contributed by atoms with Gasteiger partial charge in [0.1, 0.15) is 0 Å². The largest absolute Gasteiger partial charge is 0.433 e. The fourth-order valence-corrected chi connectivity index (χ4v) is 1.42.